The second-order valence-electron chi connectivity index (χ2n) is 4.47. The Hall–Kier alpha value is -2.57. The van der Waals surface area contributed by atoms with Crippen molar-refractivity contribution in [3.8, 4) is 5.75 Å². The SMILES string of the molecule is O=C(O)CC1CCC(=O)Oc2ccc(C(=O)O)cc2N1. The Balaban J connectivity index is 2.34. The average Bonchev–Trinajstić information content (AvgIpc) is 2.35. The minimum absolute atomic E-state index is 0.0296. The predicted molar refractivity (Wildman–Crippen MR) is 67.9 cm³/mol. The number of carboxylic acids is 2. The molecule has 1 heterocycles. The molecule has 0 fully saturated rings. The highest BCUT2D eigenvalue weighted by Gasteiger charge is 2.22. The number of carbonyl (C=O) groups excluding carboxylic acids is 1. The number of carboxylic acid groups (broad SMARTS) is 2. The van der Waals surface area contributed by atoms with Gasteiger partial charge in [0.1, 0.15) is 0 Å². The van der Waals surface area contributed by atoms with Crippen LogP contribution in [0.25, 0.3) is 0 Å². The number of aromatic carboxylic acids is 1. The predicted octanol–water partition coefficient (Wildman–Crippen LogP) is 1.34. The van der Waals surface area contributed by atoms with Crippen molar-refractivity contribution in [2.24, 2.45) is 0 Å². The average molecular weight is 279 g/mol. The van der Waals surface area contributed by atoms with Crippen LogP contribution in [0.4, 0.5) is 5.69 Å². The summed E-state index contributed by atoms with van der Waals surface area (Å²) in [5, 5.41) is 20.7. The molecule has 1 unspecified atom stereocenters. The van der Waals surface area contributed by atoms with Crippen molar-refractivity contribution < 1.29 is 29.3 Å². The number of hydrogen-bond donors (Lipinski definition) is 3. The summed E-state index contributed by atoms with van der Waals surface area (Å²) in [5.74, 6) is -2.37. The number of fused-ring (bicyclic) bond motifs is 1. The third kappa shape index (κ3) is 3.25. The zero-order chi connectivity index (χ0) is 14.7. The molecule has 0 aliphatic carbocycles. The van der Waals surface area contributed by atoms with E-state index in [1.807, 2.05) is 0 Å². The summed E-state index contributed by atoms with van der Waals surface area (Å²) < 4.78 is 5.08. The van der Waals surface area contributed by atoms with E-state index in [0.717, 1.165) is 0 Å². The number of ether oxygens (including phenoxy) is 1. The molecule has 7 heteroatoms. The number of carbonyl (C=O) groups is 3. The summed E-state index contributed by atoms with van der Waals surface area (Å²) in [7, 11) is 0. The molecule has 0 spiro atoms. The van der Waals surface area contributed by atoms with Gasteiger partial charge >= 0.3 is 17.9 Å². The van der Waals surface area contributed by atoms with Gasteiger partial charge in [0.25, 0.3) is 0 Å². The Morgan fingerprint density at radius 3 is 2.75 bits per heavy atom. The van der Waals surface area contributed by atoms with Crippen LogP contribution in [0.5, 0.6) is 5.75 Å². The van der Waals surface area contributed by atoms with Crippen LogP contribution in [0, 0.1) is 0 Å². The largest absolute Gasteiger partial charge is 0.481 e. The van der Waals surface area contributed by atoms with Crippen LogP contribution < -0.4 is 10.1 Å². The molecule has 3 N–H and O–H groups in total. The normalized spacial score (nSPS) is 18.0. The molecule has 0 saturated carbocycles. The van der Waals surface area contributed by atoms with Crippen molar-refractivity contribution in [2.45, 2.75) is 25.3 Å². The summed E-state index contributed by atoms with van der Waals surface area (Å²) in [6, 6.07) is 3.57. The van der Waals surface area contributed by atoms with E-state index in [1.54, 1.807) is 0 Å². The summed E-state index contributed by atoms with van der Waals surface area (Å²) in [4.78, 5) is 33.3. The van der Waals surface area contributed by atoms with Gasteiger partial charge in [0, 0.05) is 12.5 Å². The second-order valence-corrected chi connectivity index (χ2v) is 4.47. The van der Waals surface area contributed by atoms with Gasteiger partial charge < -0.3 is 20.3 Å². The van der Waals surface area contributed by atoms with E-state index in [0.29, 0.717) is 12.1 Å². The maximum atomic E-state index is 11.5. The smallest absolute Gasteiger partial charge is 0.335 e. The van der Waals surface area contributed by atoms with Crippen molar-refractivity contribution >= 4 is 23.6 Å². The fraction of sp³-hybridized carbons (Fsp3) is 0.308. The number of hydrogen-bond acceptors (Lipinski definition) is 5. The summed E-state index contributed by atoms with van der Waals surface area (Å²) in [6.45, 7) is 0. The van der Waals surface area contributed by atoms with E-state index >= 15 is 0 Å². The van der Waals surface area contributed by atoms with Crippen molar-refractivity contribution in [3.05, 3.63) is 23.8 Å². The Morgan fingerprint density at radius 2 is 2.10 bits per heavy atom. The van der Waals surface area contributed by atoms with Crippen LogP contribution in [-0.2, 0) is 9.59 Å². The van der Waals surface area contributed by atoms with Crippen molar-refractivity contribution in [2.75, 3.05) is 5.32 Å². The van der Waals surface area contributed by atoms with Gasteiger partial charge in [0.15, 0.2) is 5.75 Å². The quantitative estimate of drug-likeness (QED) is 0.565. The number of esters is 1. The van der Waals surface area contributed by atoms with E-state index in [9.17, 15) is 14.4 Å². The first kappa shape index (κ1) is 13.9. The third-order valence-electron chi connectivity index (χ3n) is 2.93. The highest BCUT2D eigenvalue weighted by molar-refractivity contribution is 5.90. The lowest BCUT2D eigenvalue weighted by Crippen LogP contribution is -2.27. The van der Waals surface area contributed by atoms with Crippen LogP contribution in [0.3, 0.4) is 0 Å². The van der Waals surface area contributed by atoms with Crippen LogP contribution in [0.2, 0.25) is 0 Å². The highest BCUT2D eigenvalue weighted by atomic mass is 16.5. The standard InChI is InChI=1S/C13H13NO6/c15-11(16)6-8-2-4-12(17)20-10-3-1-7(13(18)19)5-9(10)14-8/h1,3,5,8,14H,2,4,6H2,(H,15,16)(H,18,19). The molecular weight excluding hydrogens is 266 g/mol. The molecular formula is C13H13NO6. The maximum Gasteiger partial charge on any atom is 0.335 e. The fourth-order valence-corrected chi connectivity index (χ4v) is 1.99. The van der Waals surface area contributed by atoms with Crippen molar-refractivity contribution in [3.63, 3.8) is 0 Å². The highest BCUT2D eigenvalue weighted by Crippen LogP contribution is 2.30. The topological polar surface area (TPSA) is 113 Å². The molecule has 1 aromatic carbocycles. The van der Waals surface area contributed by atoms with E-state index in [1.165, 1.54) is 18.2 Å². The molecule has 0 radical (unpaired) electrons. The molecule has 106 valence electrons. The van der Waals surface area contributed by atoms with Crippen LogP contribution in [0.1, 0.15) is 29.6 Å². The monoisotopic (exact) mass is 279 g/mol. The zero-order valence-electron chi connectivity index (χ0n) is 10.5. The number of benzene rings is 1. The van der Waals surface area contributed by atoms with Crippen molar-refractivity contribution in [1.82, 2.24) is 0 Å². The Kier molecular flexibility index (Phi) is 3.88. The van der Waals surface area contributed by atoms with E-state index in [-0.39, 0.29) is 24.2 Å². The Morgan fingerprint density at radius 1 is 1.35 bits per heavy atom. The van der Waals surface area contributed by atoms with Gasteiger partial charge in [-0.2, -0.15) is 0 Å². The number of anilines is 1. The van der Waals surface area contributed by atoms with Crippen LogP contribution in [-0.4, -0.2) is 34.2 Å². The van der Waals surface area contributed by atoms with E-state index < -0.39 is 23.9 Å². The summed E-state index contributed by atoms with van der Waals surface area (Å²) >= 11 is 0. The molecule has 20 heavy (non-hydrogen) atoms. The van der Waals surface area contributed by atoms with Gasteiger partial charge in [-0.15, -0.1) is 0 Å². The third-order valence-corrected chi connectivity index (χ3v) is 2.93. The molecule has 0 amide bonds. The summed E-state index contributed by atoms with van der Waals surface area (Å²) in [6.07, 6.45) is 0.247. The Bertz CT molecular complexity index is 568. The lowest BCUT2D eigenvalue weighted by atomic mass is 10.1. The number of rotatable bonds is 3. The lowest BCUT2D eigenvalue weighted by Gasteiger charge is -2.23. The van der Waals surface area contributed by atoms with Gasteiger partial charge in [-0.25, -0.2) is 4.79 Å². The molecule has 0 aromatic heterocycles. The van der Waals surface area contributed by atoms with Crippen molar-refractivity contribution in [1.29, 1.82) is 0 Å². The Labute approximate surface area is 114 Å². The molecule has 7 nitrogen and oxygen atoms in total. The minimum atomic E-state index is -1.11. The van der Waals surface area contributed by atoms with Crippen LogP contribution >= 0.6 is 0 Å². The second kappa shape index (κ2) is 5.60. The van der Waals surface area contributed by atoms with Gasteiger partial charge in [-0.3, -0.25) is 9.59 Å². The molecule has 1 aliphatic heterocycles. The lowest BCUT2D eigenvalue weighted by molar-refractivity contribution is -0.138. The van der Waals surface area contributed by atoms with E-state index in [4.69, 9.17) is 14.9 Å². The first-order valence-electron chi connectivity index (χ1n) is 6.02. The number of nitrogens with one attached hydrogen (secondary N) is 1. The van der Waals surface area contributed by atoms with E-state index in [2.05, 4.69) is 5.32 Å². The minimum Gasteiger partial charge on any atom is -0.481 e. The molecule has 1 aliphatic rings. The van der Waals surface area contributed by atoms with Gasteiger partial charge in [-0.05, 0) is 24.6 Å². The van der Waals surface area contributed by atoms with Gasteiger partial charge in [0.05, 0.1) is 17.7 Å². The van der Waals surface area contributed by atoms with Crippen LogP contribution in [0.15, 0.2) is 18.2 Å². The molecule has 1 aromatic rings. The van der Waals surface area contributed by atoms with Gasteiger partial charge in [-0.1, -0.05) is 0 Å². The zero-order valence-corrected chi connectivity index (χ0v) is 10.5. The molecule has 0 bridgehead atoms. The molecule has 0 saturated heterocycles. The first-order chi connectivity index (χ1) is 9.45. The fourth-order valence-electron chi connectivity index (χ4n) is 1.99. The molecule has 1 atom stereocenters. The molecule has 2 rings (SSSR count). The van der Waals surface area contributed by atoms with Gasteiger partial charge in [0.2, 0.25) is 0 Å². The summed E-state index contributed by atoms with van der Waals surface area (Å²) in [5.41, 5.74) is 0.339. The maximum absolute atomic E-state index is 11.5. The first-order valence-corrected chi connectivity index (χ1v) is 6.02. The number of aliphatic carboxylic acids is 1.